The van der Waals surface area contributed by atoms with Gasteiger partial charge in [0, 0.05) is 12.2 Å². The van der Waals surface area contributed by atoms with E-state index in [1.54, 1.807) is 35.2 Å². The minimum absolute atomic E-state index is 0.160. The smallest absolute Gasteiger partial charge is 0.291 e. The summed E-state index contributed by atoms with van der Waals surface area (Å²) < 4.78 is 5.05. The van der Waals surface area contributed by atoms with E-state index in [-0.39, 0.29) is 17.6 Å². The van der Waals surface area contributed by atoms with E-state index >= 15 is 0 Å². The van der Waals surface area contributed by atoms with Crippen molar-refractivity contribution in [2.24, 2.45) is 0 Å². The molecule has 0 saturated carbocycles. The minimum atomic E-state index is -0.411. The van der Waals surface area contributed by atoms with Crippen molar-refractivity contribution in [1.29, 1.82) is 0 Å². The zero-order chi connectivity index (χ0) is 16.7. The molecule has 1 aromatic carbocycles. The quantitative estimate of drug-likeness (QED) is 0.884. The lowest BCUT2D eigenvalue weighted by molar-refractivity contribution is -0.119. The minimum Gasteiger partial charge on any atom is -0.459 e. The molecule has 1 fully saturated rings. The Labute approximate surface area is 137 Å². The summed E-state index contributed by atoms with van der Waals surface area (Å²) in [4.78, 5) is 38.6. The highest BCUT2D eigenvalue weighted by molar-refractivity contribution is 6.11. The van der Waals surface area contributed by atoms with Gasteiger partial charge in [-0.2, -0.15) is 0 Å². The van der Waals surface area contributed by atoms with E-state index in [0.717, 1.165) is 6.42 Å². The van der Waals surface area contributed by atoms with Gasteiger partial charge in [0.25, 0.3) is 11.8 Å². The van der Waals surface area contributed by atoms with Crippen LogP contribution in [0.25, 0.3) is 0 Å². The summed E-state index contributed by atoms with van der Waals surface area (Å²) in [5.74, 6) is -0.569. The van der Waals surface area contributed by atoms with Gasteiger partial charge in [-0.3, -0.25) is 14.4 Å². The molecule has 1 aromatic heterocycles. The normalized spacial score (nSPS) is 19.3. The summed E-state index contributed by atoms with van der Waals surface area (Å²) in [6.45, 7) is 0.569. The second-order valence-electron chi connectivity index (χ2n) is 5.84. The maximum absolute atomic E-state index is 12.7. The molecule has 2 aliphatic heterocycles. The van der Waals surface area contributed by atoms with E-state index in [1.807, 2.05) is 0 Å². The van der Waals surface area contributed by atoms with Crippen LogP contribution in [0.3, 0.4) is 0 Å². The zero-order valence-corrected chi connectivity index (χ0v) is 12.7. The number of fused-ring (bicyclic) bond motifs is 2. The molecule has 0 radical (unpaired) electrons. The SMILES string of the molecule is O=C(Nc1ccc2c(c1)C(=O)N1CCC[C@H]1C(=O)N2)c1ccco1. The van der Waals surface area contributed by atoms with E-state index in [0.29, 0.717) is 29.9 Å². The van der Waals surface area contributed by atoms with Gasteiger partial charge in [-0.15, -0.1) is 0 Å². The van der Waals surface area contributed by atoms with Crippen LogP contribution in [-0.4, -0.2) is 35.2 Å². The number of furan rings is 1. The average molecular weight is 325 g/mol. The highest BCUT2D eigenvalue weighted by atomic mass is 16.3. The lowest BCUT2D eigenvalue weighted by Crippen LogP contribution is -2.40. The summed E-state index contributed by atoms with van der Waals surface area (Å²) in [5.41, 5.74) is 1.32. The molecule has 0 unspecified atom stereocenters. The summed E-state index contributed by atoms with van der Waals surface area (Å²) in [5, 5.41) is 5.49. The molecule has 7 nitrogen and oxygen atoms in total. The first-order chi connectivity index (χ1) is 11.6. The van der Waals surface area contributed by atoms with E-state index < -0.39 is 11.9 Å². The number of benzene rings is 1. The molecule has 3 heterocycles. The van der Waals surface area contributed by atoms with Crippen LogP contribution in [0.15, 0.2) is 41.0 Å². The number of rotatable bonds is 2. The Kier molecular flexibility index (Phi) is 3.34. The molecule has 122 valence electrons. The Balaban J connectivity index is 1.65. The summed E-state index contributed by atoms with van der Waals surface area (Å²) in [6, 6.07) is 7.62. The van der Waals surface area contributed by atoms with Gasteiger partial charge in [0.05, 0.1) is 17.5 Å². The van der Waals surface area contributed by atoms with Crippen molar-refractivity contribution in [2.75, 3.05) is 17.2 Å². The number of hydrogen-bond donors (Lipinski definition) is 2. The standard InChI is InChI=1S/C17H15N3O4/c21-15-13-3-1-7-20(13)17(23)11-9-10(5-6-12(11)19-15)18-16(22)14-4-2-8-24-14/h2,4-6,8-9,13H,1,3,7H2,(H,18,22)(H,19,21)/t13-/m0/s1. The van der Waals surface area contributed by atoms with Gasteiger partial charge in [-0.05, 0) is 43.2 Å². The van der Waals surface area contributed by atoms with Crippen LogP contribution in [0.4, 0.5) is 11.4 Å². The molecule has 2 N–H and O–H groups in total. The maximum atomic E-state index is 12.7. The molecular weight excluding hydrogens is 310 g/mol. The molecule has 4 rings (SSSR count). The fraction of sp³-hybridized carbons (Fsp3) is 0.235. The topological polar surface area (TPSA) is 91.7 Å². The van der Waals surface area contributed by atoms with Crippen LogP contribution in [0, 0.1) is 0 Å². The summed E-state index contributed by atoms with van der Waals surface area (Å²) >= 11 is 0. The first-order valence-corrected chi connectivity index (χ1v) is 7.74. The Morgan fingerprint density at radius 3 is 2.96 bits per heavy atom. The molecule has 7 heteroatoms. The number of carbonyl (C=O) groups is 3. The van der Waals surface area contributed by atoms with Crippen molar-refractivity contribution in [1.82, 2.24) is 4.90 Å². The maximum Gasteiger partial charge on any atom is 0.291 e. The lowest BCUT2D eigenvalue weighted by atomic mass is 10.1. The van der Waals surface area contributed by atoms with Crippen LogP contribution in [0.5, 0.6) is 0 Å². The number of hydrogen-bond acceptors (Lipinski definition) is 4. The van der Waals surface area contributed by atoms with Crippen molar-refractivity contribution in [3.63, 3.8) is 0 Å². The molecule has 1 saturated heterocycles. The third kappa shape index (κ3) is 2.34. The van der Waals surface area contributed by atoms with Crippen molar-refractivity contribution < 1.29 is 18.8 Å². The third-order valence-corrected chi connectivity index (χ3v) is 4.33. The zero-order valence-electron chi connectivity index (χ0n) is 12.7. The highest BCUT2D eigenvalue weighted by Gasteiger charge is 2.38. The Morgan fingerprint density at radius 2 is 2.17 bits per heavy atom. The molecular formula is C17H15N3O4. The number of carbonyl (C=O) groups excluding carboxylic acids is 3. The lowest BCUT2D eigenvalue weighted by Gasteiger charge is -2.20. The molecule has 2 aliphatic rings. The van der Waals surface area contributed by atoms with Gasteiger partial charge >= 0.3 is 0 Å². The molecule has 3 amide bonds. The van der Waals surface area contributed by atoms with E-state index in [4.69, 9.17) is 4.42 Å². The monoisotopic (exact) mass is 325 g/mol. The van der Waals surface area contributed by atoms with E-state index in [2.05, 4.69) is 10.6 Å². The van der Waals surface area contributed by atoms with Gasteiger partial charge in [-0.1, -0.05) is 0 Å². The van der Waals surface area contributed by atoms with Crippen LogP contribution in [-0.2, 0) is 4.79 Å². The summed E-state index contributed by atoms with van der Waals surface area (Å²) in [6.07, 6.45) is 2.90. The van der Waals surface area contributed by atoms with E-state index in [9.17, 15) is 14.4 Å². The Hall–Kier alpha value is -3.09. The van der Waals surface area contributed by atoms with Crippen LogP contribution in [0.1, 0.15) is 33.8 Å². The number of nitrogens with zero attached hydrogens (tertiary/aromatic N) is 1. The van der Waals surface area contributed by atoms with Gasteiger partial charge < -0.3 is 20.0 Å². The Morgan fingerprint density at radius 1 is 1.29 bits per heavy atom. The van der Waals surface area contributed by atoms with Crippen LogP contribution < -0.4 is 10.6 Å². The summed E-state index contributed by atoms with van der Waals surface area (Å²) in [7, 11) is 0. The second-order valence-corrected chi connectivity index (χ2v) is 5.84. The fourth-order valence-electron chi connectivity index (χ4n) is 3.16. The molecule has 24 heavy (non-hydrogen) atoms. The van der Waals surface area contributed by atoms with Crippen molar-refractivity contribution in [3.8, 4) is 0 Å². The number of amides is 3. The van der Waals surface area contributed by atoms with Crippen LogP contribution >= 0.6 is 0 Å². The predicted molar refractivity (Wildman–Crippen MR) is 85.8 cm³/mol. The first-order valence-electron chi connectivity index (χ1n) is 7.74. The molecule has 0 spiro atoms. The van der Waals surface area contributed by atoms with Gasteiger partial charge in [-0.25, -0.2) is 0 Å². The Bertz CT molecular complexity index is 828. The van der Waals surface area contributed by atoms with Gasteiger partial charge in [0.1, 0.15) is 6.04 Å². The fourth-order valence-corrected chi connectivity index (χ4v) is 3.16. The largest absolute Gasteiger partial charge is 0.459 e. The molecule has 2 aromatic rings. The highest BCUT2D eigenvalue weighted by Crippen LogP contribution is 2.30. The number of nitrogens with one attached hydrogen (secondary N) is 2. The van der Waals surface area contributed by atoms with Gasteiger partial charge in [0.2, 0.25) is 5.91 Å². The first kappa shape index (κ1) is 14.5. The second kappa shape index (κ2) is 5.52. The van der Waals surface area contributed by atoms with Crippen molar-refractivity contribution >= 4 is 29.1 Å². The number of anilines is 2. The van der Waals surface area contributed by atoms with Crippen molar-refractivity contribution in [2.45, 2.75) is 18.9 Å². The van der Waals surface area contributed by atoms with Gasteiger partial charge in [0.15, 0.2) is 5.76 Å². The average Bonchev–Trinajstić information content (AvgIpc) is 3.25. The third-order valence-electron chi connectivity index (χ3n) is 4.33. The van der Waals surface area contributed by atoms with E-state index in [1.165, 1.54) is 6.26 Å². The van der Waals surface area contributed by atoms with Crippen molar-refractivity contribution in [3.05, 3.63) is 47.9 Å². The molecule has 0 aliphatic carbocycles. The molecule has 0 bridgehead atoms. The molecule has 1 atom stereocenters. The predicted octanol–water partition coefficient (Wildman–Crippen LogP) is 2.09. The van der Waals surface area contributed by atoms with Crippen LogP contribution in [0.2, 0.25) is 0 Å².